The zero-order chi connectivity index (χ0) is 10.6. The lowest BCUT2D eigenvalue weighted by Crippen LogP contribution is -2.40. The molecule has 1 rings (SSSR count). The molecule has 3 nitrogen and oxygen atoms in total. The summed E-state index contributed by atoms with van der Waals surface area (Å²) in [5.41, 5.74) is 0. The van der Waals surface area contributed by atoms with Crippen molar-refractivity contribution in [2.45, 2.75) is 32.7 Å². The number of carbonyl (C=O) groups excluding carboxylic acids is 1. The van der Waals surface area contributed by atoms with Crippen molar-refractivity contribution in [1.29, 1.82) is 0 Å². The topological polar surface area (TPSA) is 29.5 Å². The minimum absolute atomic E-state index is 0.241. The second-order valence-electron chi connectivity index (χ2n) is 4.30. The number of Topliss-reactive ketones (excluding diaryl/α,β-unsaturated/α-hetero) is 1. The lowest BCUT2D eigenvalue weighted by molar-refractivity contribution is -0.128. The van der Waals surface area contributed by atoms with E-state index in [1.54, 1.807) is 7.11 Å². The summed E-state index contributed by atoms with van der Waals surface area (Å²) in [6.07, 6.45) is 2.00. The number of hydrogen-bond acceptors (Lipinski definition) is 3. The predicted octanol–water partition coefficient (Wildman–Crippen LogP) is 1.32. The third kappa shape index (κ3) is 3.07. The van der Waals surface area contributed by atoms with Gasteiger partial charge in [0.1, 0.15) is 6.61 Å². The zero-order valence-corrected chi connectivity index (χ0v) is 9.45. The SMILES string of the molecule is COCC(=O)C1CCN(C(C)C)CC1. The van der Waals surface area contributed by atoms with Gasteiger partial charge in [-0.2, -0.15) is 0 Å². The van der Waals surface area contributed by atoms with E-state index in [1.807, 2.05) is 0 Å². The number of ketones is 1. The van der Waals surface area contributed by atoms with Crippen LogP contribution in [0, 0.1) is 5.92 Å². The van der Waals surface area contributed by atoms with Crippen LogP contribution in [0.1, 0.15) is 26.7 Å². The average Bonchev–Trinajstić information content (AvgIpc) is 2.18. The number of piperidine rings is 1. The minimum Gasteiger partial charge on any atom is -0.377 e. The van der Waals surface area contributed by atoms with Crippen LogP contribution in [-0.2, 0) is 9.53 Å². The van der Waals surface area contributed by atoms with Crippen molar-refractivity contribution in [2.24, 2.45) is 5.92 Å². The summed E-state index contributed by atoms with van der Waals surface area (Å²) in [4.78, 5) is 14.0. The van der Waals surface area contributed by atoms with Gasteiger partial charge in [-0.15, -0.1) is 0 Å². The standard InChI is InChI=1S/C11H21NO2/c1-9(2)12-6-4-10(5-7-12)11(13)8-14-3/h9-10H,4-8H2,1-3H3. The first-order valence-electron chi connectivity index (χ1n) is 5.41. The van der Waals surface area contributed by atoms with E-state index < -0.39 is 0 Å². The molecule has 1 saturated heterocycles. The van der Waals surface area contributed by atoms with Crippen molar-refractivity contribution in [1.82, 2.24) is 4.90 Å². The molecule has 0 aromatic rings. The second-order valence-corrected chi connectivity index (χ2v) is 4.30. The van der Waals surface area contributed by atoms with Crippen LogP contribution in [-0.4, -0.2) is 43.5 Å². The Kier molecular flexibility index (Phi) is 4.55. The van der Waals surface area contributed by atoms with Gasteiger partial charge < -0.3 is 9.64 Å². The summed E-state index contributed by atoms with van der Waals surface area (Å²) in [7, 11) is 1.58. The molecule has 0 N–H and O–H groups in total. The summed E-state index contributed by atoms with van der Waals surface area (Å²) < 4.78 is 4.87. The lowest BCUT2D eigenvalue weighted by atomic mass is 9.92. The Labute approximate surface area is 86.4 Å². The maximum absolute atomic E-state index is 11.5. The Balaban J connectivity index is 2.31. The van der Waals surface area contributed by atoms with E-state index in [2.05, 4.69) is 18.7 Å². The van der Waals surface area contributed by atoms with E-state index in [4.69, 9.17) is 4.74 Å². The van der Waals surface area contributed by atoms with Crippen molar-refractivity contribution in [3.63, 3.8) is 0 Å². The van der Waals surface area contributed by atoms with E-state index in [1.165, 1.54) is 0 Å². The first kappa shape index (κ1) is 11.7. The van der Waals surface area contributed by atoms with Crippen molar-refractivity contribution < 1.29 is 9.53 Å². The Morgan fingerprint density at radius 2 is 2.00 bits per heavy atom. The summed E-state index contributed by atoms with van der Waals surface area (Å²) in [6.45, 7) is 6.80. The molecule has 14 heavy (non-hydrogen) atoms. The van der Waals surface area contributed by atoms with E-state index in [0.29, 0.717) is 6.04 Å². The number of ether oxygens (including phenoxy) is 1. The van der Waals surface area contributed by atoms with Gasteiger partial charge in [0.05, 0.1) is 0 Å². The molecule has 1 heterocycles. The van der Waals surface area contributed by atoms with Gasteiger partial charge in [-0.25, -0.2) is 0 Å². The lowest BCUT2D eigenvalue weighted by Gasteiger charge is -2.33. The normalized spacial score (nSPS) is 20.3. The Bertz CT molecular complexity index is 184. The molecular weight excluding hydrogens is 178 g/mol. The van der Waals surface area contributed by atoms with Crippen LogP contribution in [0.4, 0.5) is 0 Å². The van der Waals surface area contributed by atoms with Gasteiger partial charge in [0.2, 0.25) is 0 Å². The molecule has 0 aromatic heterocycles. The summed E-state index contributed by atoms with van der Waals surface area (Å²) in [5.74, 6) is 0.515. The molecule has 1 aliphatic heterocycles. The Hall–Kier alpha value is -0.410. The fourth-order valence-electron chi connectivity index (χ4n) is 2.00. The molecule has 0 spiro atoms. The number of likely N-dealkylation sites (tertiary alicyclic amines) is 1. The molecule has 0 radical (unpaired) electrons. The second kappa shape index (κ2) is 5.47. The van der Waals surface area contributed by atoms with Gasteiger partial charge in [0, 0.05) is 19.1 Å². The van der Waals surface area contributed by atoms with Crippen LogP contribution in [0.15, 0.2) is 0 Å². The summed E-state index contributed by atoms with van der Waals surface area (Å²) in [6, 6.07) is 0.605. The van der Waals surface area contributed by atoms with Crippen LogP contribution in [0.5, 0.6) is 0 Å². The molecule has 0 atom stereocenters. The zero-order valence-electron chi connectivity index (χ0n) is 9.45. The largest absolute Gasteiger partial charge is 0.377 e. The highest BCUT2D eigenvalue weighted by atomic mass is 16.5. The van der Waals surface area contributed by atoms with Crippen LogP contribution in [0.3, 0.4) is 0 Å². The molecular formula is C11H21NO2. The van der Waals surface area contributed by atoms with Crippen molar-refractivity contribution in [2.75, 3.05) is 26.8 Å². The molecule has 0 aliphatic carbocycles. The van der Waals surface area contributed by atoms with E-state index >= 15 is 0 Å². The molecule has 82 valence electrons. The fourth-order valence-corrected chi connectivity index (χ4v) is 2.00. The Morgan fingerprint density at radius 3 is 2.43 bits per heavy atom. The first-order chi connectivity index (χ1) is 6.65. The highest BCUT2D eigenvalue weighted by Gasteiger charge is 2.25. The number of rotatable bonds is 4. The van der Waals surface area contributed by atoms with Crippen LogP contribution in [0.2, 0.25) is 0 Å². The predicted molar refractivity (Wildman–Crippen MR) is 56.3 cm³/mol. The molecule has 3 heteroatoms. The van der Waals surface area contributed by atoms with Crippen molar-refractivity contribution in [3.8, 4) is 0 Å². The number of hydrogen-bond donors (Lipinski definition) is 0. The van der Waals surface area contributed by atoms with E-state index in [9.17, 15) is 4.79 Å². The van der Waals surface area contributed by atoms with Gasteiger partial charge in [-0.05, 0) is 39.8 Å². The summed E-state index contributed by atoms with van der Waals surface area (Å²) in [5, 5.41) is 0. The highest BCUT2D eigenvalue weighted by molar-refractivity contribution is 5.82. The third-order valence-corrected chi connectivity index (χ3v) is 3.00. The molecule has 0 bridgehead atoms. The third-order valence-electron chi connectivity index (χ3n) is 3.00. The van der Waals surface area contributed by atoms with Gasteiger partial charge >= 0.3 is 0 Å². The monoisotopic (exact) mass is 199 g/mol. The first-order valence-corrected chi connectivity index (χ1v) is 5.41. The summed E-state index contributed by atoms with van der Waals surface area (Å²) >= 11 is 0. The quantitative estimate of drug-likeness (QED) is 0.684. The number of methoxy groups -OCH3 is 1. The molecule has 0 amide bonds. The number of carbonyl (C=O) groups is 1. The molecule has 0 aromatic carbocycles. The smallest absolute Gasteiger partial charge is 0.161 e. The van der Waals surface area contributed by atoms with Crippen LogP contribution >= 0.6 is 0 Å². The van der Waals surface area contributed by atoms with Gasteiger partial charge in [-0.3, -0.25) is 4.79 Å². The van der Waals surface area contributed by atoms with Crippen LogP contribution in [0.25, 0.3) is 0 Å². The van der Waals surface area contributed by atoms with Gasteiger partial charge in [0.15, 0.2) is 5.78 Å². The number of nitrogens with zero attached hydrogens (tertiary/aromatic N) is 1. The average molecular weight is 199 g/mol. The molecule has 0 unspecified atom stereocenters. The van der Waals surface area contributed by atoms with Gasteiger partial charge in [-0.1, -0.05) is 0 Å². The van der Waals surface area contributed by atoms with Crippen LogP contribution < -0.4 is 0 Å². The van der Waals surface area contributed by atoms with Crippen molar-refractivity contribution in [3.05, 3.63) is 0 Å². The fraction of sp³-hybridized carbons (Fsp3) is 0.909. The van der Waals surface area contributed by atoms with Crippen molar-refractivity contribution >= 4 is 5.78 Å². The van der Waals surface area contributed by atoms with E-state index in [0.717, 1.165) is 25.9 Å². The molecule has 0 saturated carbocycles. The molecule has 1 fully saturated rings. The minimum atomic E-state index is 0.241. The highest BCUT2D eigenvalue weighted by Crippen LogP contribution is 2.19. The van der Waals surface area contributed by atoms with E-state index in [-0.39, 0.29) is 18.3 Å². The molecule has 1 aliphatic rings. The van der Waals surface area contributed by atoms with Gasteiger partial charge in [0.25, 0.3) is 0 Å². The maximum atomic E-state index is 11.5. The Morgan fingerprint density at radius 1 is 1.43 bits per heavy atom. The maximum Gasteiger partial charge on any atom is 0.161 e.